The van der Waals surface area contributed by atoms with Crippen LogP contribution in [-0.4, -0.2) is 11.1 Å². The monoisotopic (exact) mass is 182 g/mol. The molecule has 74 valence electrons. The van der Waals surface area contributed by atoms with Gasteiger partial charge in [-0.25, -0.2) is 0 Å². The van der Waals surface area contributed by atoms with Crippen LogP contribution in [0.4, 0.5) is 0 Å². The predicted octanol–water partition coefficient (Wildman–Crippen LogP) is 2.68. The minimum atomic E-state index is -0.596. The molecular formula is C11H18O2. The number of carbonyl (C=O) groups is 1. The quantitative estimate of drug-likeness (QED) is 0.713. The first-order valence-corrected chi connectivity index (χ1v) is 5.35. The number of hydrogen-bond donors (Lipinski definition) is 1. The SMILES string of the molecule is CC1(C(=O)O)CCC(C2CC2)CC1. The summed E-state index contributed by atoms with van der Waals surface area (Å²) < 4.78 is 0. The molecule has 2 fully saturated rings. The fourth-order valence-corrected chi connectivity index (χ4v) is 2.53. The Hall–Kier alpha value is -0.530. The molecule has 1 N–H and O–H groups in total. The maximum atomic E-state index is 11.0. The van der Waals surface area contributed by atoms with Crippen LogP contribution in [0.1, 0.15) is 45.4 Å². The van der Waals surface area contributed by atoms with E-state index in [4.69, 9.17) is 5.11 Å². The summed E-state index contributed by atoms with van der Waals surface area (Å²) >= 11 is 0. The largest absolute Gasteiger partial charge is 0.481 e. The highest BCUT2D eigenvalue weighted by atomic mass is 16.4. The fraction of sp³-hybridized carbons (Fsp3) is 0.909. The minimum absolute atomic E-state index is 0.411. The van der Waals surface area contributed by atoms with Crippen LogP contribution in [-0.2, 0) is 4.79 Å². The van der Waals surface area contributed by atoms with E-state index in [0.717, 1.165) is 37.5 Å². The van der Waals surface area contributed by atoms with Gasteiger partial charge in [0, 0.05) is 0 Å². The highest BCUT2D eigenvalue weighted by molar-refractivity contribution is 5.74. The molecule has 13 heavy (non-hydrogen) atoms. The lowest BCUT2D eigenvalue weighted by atomic mass is 9.70. The van der Waals surface area contributed by atoms with Gasteiger partial charge in [-0.05, 0) is 57.3 Å². The second kappa shape index (κ2) is 3.00. The maximum Gasteiger partial charge on any atom is 0.309 e. The first-order chi connectivity index (χ1) is 6.12. The standard InChI is InChI=1S/C11H18O2/c1-11(10(12)13)6-4-9(5-7-11)8-2-3-8/h8-9H,2-7H2,1H3,(H,12,13). The molecule has 0 amide bonds. The van der Waals surface area contributed by atoms with E-state index < -0.39 is 11.4 Å². The van der Waals surface area contributed by atoms with Crippen molar-refractivity contribution in [2.75, 3.05) is 0 Å². The summed E-state index contributed by atoms with van der Waals surface area (Å²) in [5, 5.41) is 9.04. The maximum absolute atomic E-state index is 11.0. The summed E-state index contributed by atoms with van der Waals surface area (Å²) in [6.07, 6.45) is 6.87. The molecule has 2 aliphatic carbocycles. The zero-order valence-electron chi connectivity index (χ0n) is 8.25. The third kappa shape index (κ3) is 1.72. The van der Waals surface area contributed by atoms with Crippen molar-refractivity contribution in [2.24, 2.45) is 17.3 Å². The Balaban J connectivity index is 1.90. The highest BCUT2D eigenvalue weighted by Gasteiger charge is 2.41. The molecule has 0 radical (unpaired) electrons. The zero-order chi connectivity index (χ0) is 9.47. The molecule has 0 saturated heterocycles. The van der Waals surface area contributed by atoms with Gasteiger partial charge < -0.3 is 5.11 Å². The summed E-state index contributed by atoms with van der Waals surface area (Å²) in [7, 11) is 0. The first-order valence-electron chi connectivity index (χ1n) is 5.35. The van der Waals surface area contributed by atoms with E-state index in [1.807, 2.05) is 6.92 Å². The Morgan fingerprint density at radius 3 is 2.00 bits per heavy atom. The van der Waals surface area contributed by atoms with Crippen LogP contribution in [0.15, 0.2) is 0 Å². The lowest BCUT2D eigenvalue weighted by Gasteiger charge is -2.33. The summed E-state index contributed by atoms with van der Waals surface area (Å²) in [5.74, 6) is 1.22. The second-order valence-electron chi connectivity index (χ2n) is 5.04. The van der Waals surface area contributed by atoms with E-state index in [1.54, 1.807) is 0 Å². The Morgan fingerprint density at radius 2 is 1.62 bits per heavy atom. The second-order valence-corrected chi connectivity index (χ2v) is 5.04. The van der Waals surface area contributed by atoms with Crippen LogP contribution in [0.2, 0.25) is 0 Å². The molecule has 2 heteroatoms. The highest BCUT2D eigenvalue weighted by Crippen LogP contribution is 2.48. The van der Waals surface area contributed by atoms with Gasteiger partial charge >= 0.3 is 5.97 Å². The van der Waals surface area contributed by atoms with Crippen LogP contribution < -0.4 is 0 Å². The Bertz CT molecular complexity index is 210. The van der Waals surface area contributed by atoms with Crippen molar-refractivity contribution in [3.8, 4) is 0 Å². The molecule has 0 aliphatic heterocycles. The van der Waals surface area contributed by atoms with Crippen molar-refractivity contribution >= 4 is 5.97 Å². The van der Waals surface area contributed by atoms with E-state index in [-0.39, 0.29) is 0 Å². The summed E-state index contributed by atoms with van der Waals surface area (Å²) in [6, 6.07) is 0. The van der Waals surface area contributed by atoms with Gasteiger partial charge in [0.1, 0.15) is 0 Å². The normalized spacial score (nSPS) is 40.2. The molecule has 0 spiro atoms. The average Bonchev–Trinajstić information content (AvgIpc) is 2.88. The van der Waals surface area contributed by atoms with Crippen LogP contribution in [0.3, 0.4) is 0 Å². The van der Waals surface area contributed by atoms with Crippen molar-refractivity contribution in [1.82, 2.24) is 0 Å². The molecule has 0 heterocycles. The minimum Gasteiger partial charge on any atom is -0.481 e. The number of carboxylic acid groups (broad SMARTS) is 1. The summed E-state index contributed by atoms with van der Waals surface area (Å²) in [6.45, 7) is 1.90. The molecule has 0 bridgehead atoms. The molecule has 0 unspecified atom stereocenters. The number of aliphatic carboxylic acids is 1. The lowest BCUT2D eigenvalue weighted by Crippen LogP contribution is -2.32. The molecule has 0 aromatic heterocycles. The lowest BCUT2D eigenvalue weighted by molar-refractivity contribution is -0.150. The first kappa shape index (κ1) is 9.04. The van der Waals surface area contributed by atoms with Crippen molar-refractivity contribution in [1.29, 1.82) is 0 Å². The van der Waals surface area contributed by atoms with E-state index in [1.165, 1.54) is 12.8 Å². The van der Waals surface area contributed by atoms with Crippen LogP contribution in [0.25, 0.3) is 0 Å². The van der Waals surface area contributed by atoms with Gasteiger partial charge in [0.15, 0.2) is 0 Å². The average molecular weight is 182 g/mol. The molecule has 2 saturated carbocycles. The van der Waals surface area contributed by atoms with Gasteiger partial charge in [-0.3, -0.25) is 4.79 Å². The van der Waals surface area contributed by atoms with Gasteiger partial charge in [0.2, 0.25) is 0 Å². The van der Waals surface area contributed by atoms with Gasteiger partial charge in [0.05, 0.1) is 5.41 Å². The topological polar surface area (TPSA) is 37.3 Å². The molecule has 2 nitrogen and oxygen atoms in total. The van der Waals surface area contributed by atoms with E-state index >= 15 is 0 Å². The molecule has 2 aliphatic rings. The molecule has 0 atom stereocenters. The van der Waals surface area contributed by atoms with Crippen molar-refractivity contribution < 1.29 is 9.90 Å². The number of rotatable bonds is 2. The summed E-state index contributed by atoms with van der Waals surface area (Å²) in [5.41, 5.74) is -0.411. The van der Waals surface area contributed by atoms with Crippen molar-refractivity contribution in [3.63, 3.8) is 0 Å². The number of carboxylic acids is 1. The predicted molar refractivity (Wildman–Crippen MR) is 50.4 cm³/mol. The smallest absolute Gasteiger partial charge is 0.309 e. The summed E-state index contributed by atoms with van der Waals surface area (Å²) in [4.78, 5) is 11.0. The molecule has 0 aromatic rings. The molecular weight excluding hydrogens is 164 g/mol. The van der Waals surface area contributed by atoms with E-state index in [0.29, 0.717) is 0 Å². The number of hydrogen-bond acceptors (Lipinski definition) is 1. The van der Waals surface area contributed by atoms with Crippen LogP contribution in [0, 0.1) is 17.3 Å². The molecule has 0 aromatic carbocycles. The van der Waals surface area contributed by atoms with Crippen molar-refractivity contribution in [2.45, 2.75) is 45.4 Å². The van der Waals surface area contributed by atoms with Gasteiger partial charge in [-0.1, -0.05) is 0 Å². The Kier molecular flexibility index (Phi) is 2.09. The van der Waals surface area contributed by atoms with E-state index in [2.05, 4.69) is 0 Å². The molecule has 2 rings (SSSR count). The Morgan fingerprint density at radius 1 is 1.15 bits per heavy atom. The van der Waals surface area contributed by atoms with Gasteiger partial charge in [-0.2, -0.15) is 0 Å². The third-order valence-electron chi connectivity index (χ3n) is 3.94. The zero-order valence-corrected chi connectivity index (χ0v) is 8.25. The Labute approximate surface area is 79.3 Å². The van der Waals surface area contributed by atoms with Gasteiger partial charge in [0.25, 0.3) is 0 Å². The fourth-order valence-electron chi connectivity index (χ4n) is 2.53. The van der Waals surface area contributed by atoms with Crippen LogP contribution >= 0.6 is 0 Å². The van der Waals surface area contributed by atoms with E-state index in [9.17, 15) is 4.79 Å². The third-order valence-corrected chi connectivity index (χ3v) is 3.94. The van der Waals surface area contributed by atoms with Crippen LogP contribution in [0.5, 0.6) is 0 Å². The van der Waals surface area contributed by atoms with Crippen molar-refractivity contribution in [3.05, 3.63) is 0 Å². The van der Waals surface area contributed by atoms with Gasteiger partial charge in [-0.15, -0.1) is 0 Å².